The van der Waals surface area contributed by atoms with Gasteiger partial charge in [-0.05, 0) is 49.7 Å². The Morgan fingerprint density at radius 3 is 2.44 bits per heavy atom. The first-order valence-electron chi connectivity index (χ1n) is 12.6. The molecule has 0 radical (unpaired) electrons. The van der Waals surface area contributed by atoms with Crippen molar-refractivity contribution in [3.63, 3.8) is 0 Å². The van der Waals surface area contributed by atoms with Gasteiger partial charge in [-0.1, -0.05) is 18.2 Å². The second kappa shape index (κ2) is 11.8. The molecule has 41 heavy (non-hydrogen) atoms. The molecule has 1 atom stereocenters. The molecule has 1 aliphatic heterocycles. The predicted molar refractivity (Wildman–Crippen MR) is 139 cm³/mol. The van der Waals surface area contributed by atoms with Gasteiger partial charge in [-0.15, -0.1) is 0 Å². The Morgan fingerprint density at radius 2 is 1.78 bits per heavy atom. The van der Waals surface area contributed by atoms with E-state index in [1.54, 1.807) is 12.1 Å². The molecule has 0 bridgehead atoms. The minimum atomic E-state index is -5.29. The van der Waals surface area contributed by atoms with Crippen molar-refractivity contribution < 1.29 is 41.9 Å². The SMILES string of the molecule is CC(=O)N1CCC(CC(=O)NOC(=O)C(F)(F)F)(NC(=O)c2ccc(OCc3cc(C)nc4ccccc34)cc2)C1. The molecule has 1 aromatic heterocycles. The number of carbonyl (C=O) groups excluding carboxylic acids is 4. The highest BCUT2D eigenvalue weighted by atomic mass is 19.4. The number of benzene rings is 2. The average Bonchev–Trinajstić information content (AvgIpc) is 3.33. The van der Waals surface area contributed by atoms with Crippen LogP contribution in [0, 0.1) is 6.92 Å². The Bertz CT molecular complexity index is 1480. The number of aromatic nitrogens is 1. The first-order chi connectivity index (χ1) is 19.3. The van der Waals surface area contributed by atoms with E-state index in [0.717, 1.165) is 22.2 Å². The summed E-state index contributed by atoms with van der Waals surface area (Å²) < 4.78 is 43.1. The van der Waals surface area contributed by atoms with Crippen LogP contribution in [-0.2, 0) is 25.8 Å². The van der Waals surface area contributed by atoms with E-state index < -0.39 is 35.9 Å². The summed E-state index contributed by atoms with van der Waals surface area (Å²) in [4.78, 5) is 58.0. The minimum absolute atomic E-state index is 0.0603. The van der Waals surface area contributed by atoms with E-state index in [2.05, 4.69) is 15.1 Å². The number of aryl methyl sites for hydroxylation is 1. The van der Waals surface area contributed by atoms with Crippen molar-refractivity contribution in [3.05, 3.63) is 71.4 Å². The van der Waals surface area contributed by atoms with Crippen LogP contribution in [0.3, 0.4) is 0 Å². The maximum absolute atomic E-state index is 13.1. The smallest absolute Gasteiger partial charge is 0.489 e. The quantitative estimate of drug-likeness (QED) is 0.416. The van der Waals surface area contributed by atoms with Crippen LogP contribution in [0.2, 0.25) is 0 Å². The van der Waals surface area contributed by atoms with Gasteiger partial charge in [-0.2, -0.15) is 18.7 Å². The van der Waals surface area contributed by atoms with E-state index in [-0.39, 0.29) is 37.6 Å². The van der Waals surface area contributed by atoms with Crippen molar-refractivity contribution in [1.82, 2.24) is 20.7 Å². The zero-order valence-electron chi connectivity index (χ0n) is 22.2. The Balaban J connectivity index is 1.42. The summed E-state index contributed by atoms with van der Waals surface area (Å²) in [6, 6.07) is 15.9. The zero-order valence-corrected chi connectivity index (χ0v) is 22.2. The van der Waals surface area contributed by atoms with Crippen LogP contribution in [0.1, 0.15) is 41.4 Å². The largest absolute Gasteiger partial charge is 0.493 e. The van der Waals surface area contributed by atoms with Crippen molar-refractivity contribution in [2.45, 2.75) is 45.0 Å². The second-order valence-corrected chi connectivity index (χ2v) is 9.77. The van der Waals surface area contributed by atoms with Gasteiger partial charge in [0.15, 0.2) is 0 Å². The number of fused-ring (bicyclic) bond motifs is 1. The van der Waals surface area contributed by atoms with Gasteiger partial charge in [-0.25, -0.2) is 4.79 Å². The number of carbonyl (C=O) groups is 4. The lowest BCUT2D eigenvalue weighted by molar-refractivity contribution is -0.207. The number of rotatable bonds is 7. The van der Waals surface area contributed by atoms with Crippen molar-refractivity contribution in [3.8, 4) is 5.75 Å². The molecule has 0 saturated carbocycles. The Morgan fingerprint density at radius 1 is 1.07 bits per heavy atom. The molecule has 13 heteroatoms. The zero-order chi connectivity index (χ0) is 29.8. The molecule has 1 fully saturated rings. The number of hydrogen-bond acceptors (Lipinski definition) is 7. The van der Waals surface area contributed by atoms with Crippen molar-refractivity contribution in [1.29, 1.82) is 0 Å². The van der Waals surface area contributed by atoms with Crippen LogP contribution < -0.4 is 15.5 Å². The lowest BCUT2D eigenvalue weighted by atomic mass is 9.93. The Hall–Kier alpha value is -4.68. The number of likely N-dealkylation sites (tertiary alicyclic amines) is 1. The van der Waals surface area contributed by atoms with Crippen molar-refractivity contribution in [2.75, 3.05) is 13.1 Å². The van der Waals surface area contributed by atoms with Gasteiger partial charge in [0.2, 0.25) is 5.91 Å². The highest BCUT2D eigenvalue weighted by Gasteiger charge is 2.44. The average molecular weight is 573 g/mol. The van der Waals surface area contributed by atoms with Gasteiger partial charge in [0.05, 0.1) is 17.5 Å². The summed E-state index contributed by atoms with van der Waals surface area (Å²) in [5, 5.41) is 3.71. The molecule has 0 spiro atoms. The molecule has 2 N–H and O–H groups in total. The van der Waals surface area contributed by atoms with Gasteiger partial charge in [0.1, 0.15) is 12.4 Å². The molecule has 2 aromatic carbocycles. The van der Waals surface area contributed by atoms with E-state index in [1.165, 1.54) is 29.4 Å². The Kier molecular flexibility index (Phi) is 8.45. The number of nitrogens with one attached hydrogen (secondary N) is 2. The predicted octanol–water partition coefficient (Wildman–Crippen LogP) is 3.37. The third-order valence-electron chi connectivity index (χ3n) is 6.61. The molecule has 216 valence electrons. The summed E-state index contributed by atoms with van der Waals surface area (Å²) in [7, 11) is 0. The highest BCUT2D eigenvalue weighted by molar-refractivity contribution is 5.95. The molecular formula is C28H27F3N4O6. The number of alkyl halides is 3. The van der Waals surface area contributed by atoms with Crippen LogP contribution in [0.5, 0.6) is 5.75 Å². The number of hydrogen-bond donors (Lipinski definition) is 2. The van der Waals surface area contributed by atoms with Crippen molar-refractivity contribution in [2.24, 2.45) is 0 Å². The third kappa shape index (κ3) is 7.29. The fraction of sp³-hybridized carbons (Fsp3) is 0.321. The molecule has 0 aliphatic carbocycles. The van der Waals surface area contributed by atoms with Crippen LogP contribution in [0.25, 0.3) is 10.9 Å². The molecule has 3 amide bonds. The highest BCUT2D eigenvalue weighted by Crippen LogP contribution is 2.27. The normalized spacial score (nSPS) is 16.8. The summed E-state index contributed by atoms with van der Waals surface area (Å²) in [5.41, 5.74) is 3.05. The number of halogens is 3. The summed E-state index contributed by atoms with van der Waals surface area (Å²) in [6.45, 7) is 3.64. The fourth-order valence-corrected chi connectivity index (χ4v) is 4.63. The molecule has 1 unspecified atom stereocenters. The van der Waals surface area contributed by atoms with E-state index >= 15 is 0 Å². The monoisotopic (exact) mass is 572 g/mol. The van der Waals surface area contributed by atoms with Crippen molar-refractivity contribution >= 4 is 34.6 Å². The van der Waals surface area contributed by atoms with E-state index in [4.69, 9.17) is 4.74 Å². The lowest BCUT2D eigenvalue weighted by Crippen LogP contribution is -2.53. The number of pyridine rings is 1. The first-order valence-corrected chi connectivity index (χ1v) is 12.6. The molecule has 10 nitrogen and oxygen atoms in total. The van der Waals surface area contributed by atoms with Gasteiger partial charge in [0.25, 0.3) is 11.8 Å². The topological polar surface area (TPSA) is 127 Å². The Labute approximate surface area is 232 Å². The van der Waals surface area contributed by atoms with Gasteiger partial charge < -0.3 is 19.8 Å². The molecule has 1 aliphatic rings. The van der Waals surface area contributed by atoms with E-state index in [1.807, 2.05) is 37.3 Å². The molecule has 4 rings (SSSR count). The molecule has 2 heterocycles. The molecule has 1 saturated heterocycles. The molecular weight excluding hydrogens is 545 g/mol. The van der Waals surface area contributed by atoms with Crippen LogP contribution in [-0.4, -0.2) is 58.4 Å². The summed E-state index contributed by atoms with van der Waals surface area (Å²) in [6.07, 6.45) is -5.67. The first kappa shape index (κ1) is 29.3. The maximum atomic E-state index is 13.1. The summed E-state index contributed by atoms with van der Waals surface area (Å²) >= 11 is 0. The minimum Gasteiger partial charge on any atom is -0.489 e. The number of amides is 3. The second-order valence-electron chi connectivity index (χ2n) is 9.77. The van der Waals surface area contributed by atoms with Gasteiger partial charge in [-0.3, -0.25) is 19.4 Å². The van der Waals surface area contributed by atoms with Gasteiger partial charge in [0, 0.05) is 42.2 Å². The third-order valence-corrected chi connectivity index (χ3v) is 6.61. The van der Waals surface area contributed by atoms with E-state index in [9.17, 15) is 32.3 Å². The van der Waals surface area contributed by atoms with Gasteiger partial charge >= 0.3 is 12.1 Å². The number of ether oxygens (including phenoxy) is 1. The fourth-order valence-electron chi connectivity index (χ4n) is 4.63. The van der Waals surface area contributed by atoms with Crippen LogP contribution in [0.15, 0.2) is 54.6 Å². The molecule has 3 aromatic rings. The summed E-state index contributed by atoms with van der Waals surface area (Å²) in [5.74, 6) is -4.03. The van der Waals surface area contributed by atoms with Crippen LogP contribution in [0.4, 0.5) is 13.2 Å². The number of nitrogens with zero attached hydrogens (tertiary/aromatic N) is 2. The van der Waals surface area contributed by atoms with E-state index in [0.29, 0.717) is 5.75 Å². The maximum Gasteiger partial charge on any atom is 0.493 e. The van der Waals surface area contributed by atoms with Crippen LogP contribution >= 0.6 is 0 Å². The lowest BCUT2D eigenvalue weighted by Gasteiger charge is -2.30. The standard InChI is InChI=1S/C28H27F3N4O6/c1-17-13-20(22-5-3-4-6-23(22)32-17)15-40-21-9-7-19(8-10-21)25(38)33-27(11-12-35(16-27)18(2)36)14-24(37)34-41-26(39)28(29,30)31/h3-10,13H,11-12,14-16H2,1-2H3,(H,33,38)(H,34,37). The number of hydroxylamine groups is 1. The number of para-hydroxylation sites is 1.